The van der Waals surface area contributed by atoms with Crippen LogP contribution in [0, 0.1) is 5.92 Å². The van der Waals surface area contributed by atoms with E-state index in [9.17, 15) is 4.79 Å². The number of piperidine rings is 1. The number of aryl methyl sites for hydroxylation is 1. The third-order valence-electron chi connectivity index (χ3n) is 4.48. The number of nitrogens with zero attached hydrogens (tertiary/aromatic N) is 2. The summed E-state index contributed by atoms with van der Waals surface area (Å²) in [5.74, 6) is 0.860. The Morgan fingerprint density at radius 1 is 1.30 bits per heavy atom. The molecule has 23 heavy (non-hydrogen) atoms. The van der Waals surface area contributed by atoms with Crippen LogP contribution in [0.5, 0.6) is 0 Å². The quantitative estimate of drug-likeness (QED) is 0.891. The van der Waals surface area contributed by atoms with E-state index in [-0.39, 0.29) is 5.91 Å². The summed E-state index contributed by atoms with van der Waals surface area (Å²) in [5.41, 5.74) is 3.08. The lowest BCUT2D eigenvalue weighted by molar-refractivity contribution is -0.116. The minimum Gasteiger partial charge on any atom is -0.372 e. The number of aromatic amines is 1. The summed E-state index contributed by atoms with van der Waals surface area (Å²) in [6.45, 7) is 4.56. The number of nitrogens with one attached hydrogen (secondary N) is 2. The van der Waals surface area contributed by atoms with Crippen LogP contribution in [0.25, 0.3) is 0 Å². The Bertz CT molecular complexity index is 613. The Morgan fingerprint density at radius 2 is 2.04 bits per heavy atom. The van der Waals surface area contributed by atoms with Gasteiger partial charge in [-0.2, -0.15) is 0 Å². The van der Waals surface area contributed by atoms with Crippen molar-refractivity contribution in [3.05, 3.63) is 42.5 Å². The number of anilines is 2. The lowest BCUT2D eigenvalue weighted by Gasteiger charge is -2.32. The number of carbonyl (C=O) groups is 1. The number of rotatable bonds is 5. The second kappa shape index (κ2) is 7.31. The van der Waals surface area contributed by atoms with Crippen LogP contribution < -0.4 is 10.2 Å². The van der Waals surface area contributed by atoms with E-state index in [2.05, 4.69) is 39.2 Å². The molecule has 3 rings (SSSR count). The van der Waals surface area contributed by atoms with Gasteiger partial charge in [-0.05, 0) is 49.4 Å². The number of carbonyl (C=O) groups excluding carboxylic acids is 1. The van der Waals surface area contributed by atoms with Crippen LogP contribution in [0.2, 0.25) is 0 Å². The van der Waals surface area contributed by atoms with Crippen molar-refractivity contribution in [1.29, 1.82) is 0 Å². The standard InChI is InChI=1S/C18H24N4O/c1-14-8-10-22(11-9-14)17-5-2-15(3-6-17)21-18(23)7-4-16-12-19-13-20-16/h2-3,5-6,12-14H,4,7-11H2,1H3,(H,19,20)(H,21,23). The molecule has 0 bridgehead atoms. The Hall–Kier alpha value is -2.30. The van der Waals surface area contributed by atoms with E-state index in [1.165, 1.54) is 18.5 Å². The largest absolute Gasteiger partial charge is 0.372 e. The smallest absolute Gasteiger partial charge is 0.224 e. The first kappa shape index (κ1) is 15.6. The average Bonchev–Trinajstić information content (AvgIpc) is 3.08. The molecule has 0 unspecified atom stereocenters. The van der Waals surface area contributed by atoms with E-state index in [0.29, 0.717) is 12.8 Å². The summed E-state index contributed by atoms with van der Waals surface area (Å²) < 4.78 is 0. The van der Waals surface area contributed by atoms with Gasteiger partial charge in [0.2, 0.25) is 5.91 Å². The molecular weight excluding hydrogens is 288 g/mol. The minimum atomic E-state index is 0.0270. The Morgan fingerprint density at radius 3 is 2.70 bits per heavy atom. The van der Waals surface area contributed by atoms with Crippen LogP contribution in [-0.2, 0) is 11.2 Å². The molecule has 1 saturated heterocycles. The van der Waals surface area contributed by atoms with E-state index in [1.807, 2.05) is 12.1 Å². The molecule has 0 spiro atoms. The lowest BCUT2D eigenvalue weighted by atomic mass is 9.99. The predicted molar refractivity (Wildman–Crippen MR) is 92.6 cm³/mol. The third kappa shape index (κ3) is 4.34. The second-order valence-electron chi connectivity index (χ2n) is 6.34. The van der Waals surface area contributed by atoms with Gasteiger partial charge in [-0.1, -0.05) is 6.92 Å². The number of aromatic nitrogens is 2. The Balaban J connectivity index is 1.50. The number of imidazole rings is 1. The molecule has 1 aromatic heterocycles. The number of hydrogen-bond donors (Lipinski definition) is 2. The molecule has 0 saturated carbocycles. The van der Waals surface area contributed by atoms with Crippen LogP contribution >= 0.6 is 0 Å². The zero-order chi connectivity index (χ0) is 16.1. The minimum absolute atomic E-state index is 0.0270. The van der Waals surface area contributed by atoms with Crippen LogP contribution in [-0.4, -0.2) is 29.0 Å². The molecule has 0 radical (unpaired) electrons. The lowest BCUT2D eigenvalue weighted by Crippen LogP contribution is -2.32. The molecule has 2 heterocycles. The average molecular weight is 312 g/mol. The summed E-state index contributed by atoms with van der Waals surface area (Å²) in [6, 6.07) is 8.17. The number of benzene rings is 1. The zero-order valence-electron chi connectivity index (χ0n) is 13.6. The molecular formula is C18H24N4O. The van der Waals surface area contributed by atoms with Crippen LogP contribution in [0.15, 0.2) is 36.8 Å². The topological polar surface area (TPSA) is 61.0 Å². The molecule has 2 aromatic rings. The zero-order valence-corrected chi connectivity index (χ0v) is 13.6. The summed E-state index contributed by atoms with van der Waals surface area (Å²) in [5, 5.41) is 2.95. The Kier molecular flexibility index (Phi) is 4.95. The third-order valence-corrected chi connectivity index (χ3v) is 4.48. The SMILES string of the molecule is CC1CCN(c2ccc(NC(=O)CCc3cnc[nH]3)cc2)CC1. The highest BCUT2D eigenvalue weighted by atomic mass is 16.1. The summed E-state index contributed by atoms with van der Waals surface area (Å²) >= 11 is 0. The van der Waals surface area contributed by atoms with Crippen molar-refractivity contribution in [3.8, 4) is 0 Å². The van der Waals surface area contributed by atoms with Gasteiger partial charge in [-0.15, -0.1) is 0 Å². The molecule has 1 amide bonds. The van der Waals surface area contributed by atoms with Gasteiger partial charge in [-0.25, -0.2) is 4.98 Å². The van der Waals surface area contributed by atoms with E-state index in [1.54, 1.807) is 12.5 Å². The molecule has 5 nitrogen and oxygen atoms in total. The van der Waals surface area contributed by atoms with Gasteiger partial charge in [0, 0.05) is 42.8 Å². The maximum absolute atomic E-state index is 12.0. The molecule has 1 aliphatic heterocycles. The fourth-order valence-corrected chi connectivity index (χ4v) is 2.92. The predicted octanol–water partition coefficient (Wildman–Crippen LogP) is 3.22. The van der Waals surface area contributed by atoms with Gasteiger partial charge < -0.3 is 15.2 Å². The first-order valence-corrected chi connectivity index (χ1v) is 8.33. The fraction of sp³-hybridized carbons (Fsp3) is 0.444. The van der Waals surface area contributed by atoms with Crippen molar-refractivity contribution in [2.75, 3.05) is 23.3 Å². The summed E-state index contributed by atoms with van der Waals surface area (Å²) in [7, 11) is 0. The van der Waals surface area contributed by atoms with Crippen molar-refractivity contribution in [1.82, 2.24) is 9.97 Å². The first-order valence-electron chi connectivity index (χ1n) is 8.33. The number of hydrogen-bond acceptors (Lipinski definition) is 3. The fourth-order valence-electron chi connectivity index (χ4n) is 2.92. The van der Waals surface area contributed by atoms with E-state index in [0.717, 1.165) is 30.4 Å². The van der Waals surface area contributed by atoms with Crippen molar-refractivity contribution in [3.63, 3.8) is 0 Å². The van der Waals surface area contributed by atoms with E-state index >= 15 is 0 Å². The molecule has 5 heteroatoms. The first-order chi connectivity index (χ1) is 11.2. The molecule has 1 fully saturated rings. The van der Waals surface area contributed by atoms with Crippen molar-refractivity contribution in [2.45, 2.75) is 32.6 Å². The highest BCUT2D eigenvalue weighted by Gasteiger charge is 2.15. The monoisotopic (exact) mass is 312 g/mol. The molecule has 122 valence electrons. The van der Waals surface area contributed by atoms with Gasteiger partial charge in [0.1, 0.15) is 0 Å². The molecule has 0 atom stereocenters. The van der Waals surface area contributed by atoms with E-state index < -0.39 is 0 Å². The molecule has 1 aliphatic rings. The van der Waals surface area contributed by atoms with Crippen molar-refractivity contribution < 1.29 is 4.79 Å². The number of amides is 1. The van der Waals surface area contributed by atoms with Crippen molar-refractivity contribution in [2.24, 2.45) is 5.92 Å². The van der Waals surface area contributed by atoms with E-state index in [4.69, 9.17) is 0 Å². The highest BCUT2D eigenvalue weighted by Crippen LogP contribution is 2.24. The van der Waals surface area contributed by atoms with Gasteiger partial charge in [0.05, 0.1) is 6.33 Å². The highest BCUT2D eigenvalue weighted by molar-refractivity contribution is 5.91. The Labute approximate surface area is 137 Å². The summed E-state index contributed by atoms with van der Waals surface area (Å²) in [6.07, 6.45) is 7.02. The summed E-state index contributed by atoms with van der Waals surface area (Å²) in [4.78, 5) is 21.4. The maximum atomic E-state index is 12.0. The van der Waals surface area contributed by atoms with Gasteiger partial charge in [0.25, 0.3) is 0 Å². The molecule has 2 N–H and O–H groups in total. The normalized spacial score (nSPS) is 15.6. The van der Waals surface area contributed by atoms with Crippen LogP contribution in [0.4, 0.5) is 11.4 Å². The number of H-pyrrole nitrogens is 1. The maximum Gasteiger partial charge on any atom is 0.224 e. The van der Waals surface area contributed by atoms with Crippen molar-refractivity contribution >= 4 is 17.3 Å². The van der Waals surface area contributed by atoms with Gasteiger partial charge in [-0.3, -0.25) is 4.79 Å². The van der Waals surface area contributed by atoms with Gasteiger partial charge in [0.15, 0.2) is 0 Å². The van der Waals surface area contributed by atoms with Crippen LogP contribution in [0.1, 0.15) is 31.9 Å². The second-order valence-corrected chi connectivity index (χ2v) is 6.34. The van der Waals surface area contributed by atoms with Gasteiger partial charge >= 0.3 is 0 Å². The van der Waals surface area contributed by atoms with Crippen LogP contribution in [0.3, 0.4) is 0 Å². The molecule has 1 aromatic carbocycles. The molecule has 0 aliphatic carbocycles.